The first-order chi connectivity index (χ1) is 8.20. The Balaban J connectivity index is 2.00. The summed E-state index contributed by atoms with van der Waals surface area (Å²) < 4.78 is 6.96. The summed E-state index contributed by atoms with van der Waals surface area (Å²) in [6, 6.07) is 0.460. The largest absolute Gasteiger partial charge is 0.461 e. The van der Waals surface area contributed by atoms with Gasteiger partial charge in [0.25, 0.3) is 0 Å². The molecule has 0 aromatic carbocycles. The van der Waals surface area contributed by atoms with Crippen molar-refractivity contribution in [3.8, 4) is 0 Å². The lowest BCUT2D eigenvalue weighted by molar-refractivity contribution is 0.0520. The van der Waals surface area contributed by atoms with Crippen LogP contribution in [0.25, 0.3) is 0 Å². The SMILES string of the molecule is CCOC(=O)c1cn(C2CCN(C)CC2)cn1. The van der Waals surface area contributed by atoms with Gasteiger partial charge in [0.2, 0.25) is 0 Å². The second-order valence-electron chi connectivity index (χ2n) is 4.46. The molecule has 1 aliphatic heterocycles. The summed E-state index contributed by atoms with van der Waals surface area (Å²) in [4.78, 5) is 17.9. The first kappa shape index (κ1) is 12.1. The fourth-order valence-corrected chi connectivity index (χ4v) is 2.14. The number of ether oxygens (including phenoxy) is 1. The lowest BCUT2D eigenvalue weighted by Gasteiger charge is -2.29. The molecule has 1 saturated heterocycles. The summed E-state index contributed by atoms with van der Waals surface area (Å²) in [7, 11) is 2.13. The van der Waals surface area contributed by atoms with Crippen molar-refractivity contribution < 1.29 is 9.53 Å². The van der Waals surface area contributed by atoms with Gasteiger partial charge in [-0.1, -0.05) is 0 Å². The average Bonchev–Trinajstić information content (AvgIpc) is 2.80. The molecule has 0 atom stereocenters. The monoisotopic (exact) mass is 237 g/mol. The number of imidazole rings is 1. The molecule has 0 unspecified atom stereocenters. The normalized spacial score (nSPS) is 18.2. The molecule has 5 nitrogen and oxygen atoms in total. The predicted octanol–water partition coefficient (Wildman–Crippen LogP) is 1.33. The van der Waals surface area contributed by atoms with E-state index in [4.69, 9.17) is 4.74 Å². The van der Waals surface area contributed by atoms with E-state index in [1.54, 1.807) is 19.4 Å². The molecular formula is C12H19N3O2. The molecule has 1 aromatic rings. The second kappa shape index (κ2) is 5.31. The Hall–Kier alpha value is -1.36. The van der Waals surface area contributed by atoms with E-state index in [0.717, 1.165) is 25.9 Å². The number of esters is 1. The molecule has 94 valence electrons. The zero-order chi connectivity index (χ0) is 12.3. The Bertz CT molecular complexity index is 381. The van der Waals surface area contributed by atoms with E-state index in [1.165, 1.54) is 0 Å². The van der Waals surface area contributed by atoms with Crippen LogP contribution in [0.4, 0.5) is 0 Å². The number of hydrogen-bond donors (Lipinski definition) is 0. The summed E-state index contributed by atoms with van der Waals surface area (Å²) in [5.74, 6) is -0.334. The van der Waals surface area contributed by atoms with Gasteiger partial charge in [0.1, 0.15) is 0 Å². The second-order valence-corrected chi connectivity index (χ2v) is 4.46. The molecule has 0 spiro atoms. The van der Waals surface area contributed by atoms with Gasteiger partial charge in [-0.25, -0.2) is 9.78 Å². The maximum atomic E-state index is 11.5. The van der Waals surface area contributed by atoms with Gasteiger partial charge in [0, 0.05) is 12.2 Å². The fraction of sp³-hybridized carbons (Fsp3) is 0.667. The van der Waals surface area contributed by atoms with Gasteiger partial charge < -0.3 is 14.2 Å². The van der Waals surface area contributed by atoms with E-state index < -0.39 is 0 Å². The van der Waals surface area contributed by atoms with E-state index in [0.29, 0.717) is 18.3 Å². The molecule has 0 bridgehead atoms. The number of carbonyl (C=O) groups excluding carboxylic acids is 1. The molecule has 0 radical (unpaired) electrons. The molecule has 0 saturated carbocycles. The number of rotatable bonds is 3. The summed E-state index contributed by atoms with van der Waals surface area (Å²) in [6.07, 6.45) is 5.75. The summed E-state index contributed by atoms with van der Waals surface area (Å²) in [6.45, 7) is 4.38. The van der Waals surface area contributed by atoms with Crippen molar-refractivity contribution in [2.75, 3.05) is 26.7 Å². The van der Waals surface area contributed by atoms with Crippen molar-refractivity contribution in [2.45, 2.75) is 25.8 Å². The number of nitrogens with zero attached hydrogens (tertiary/aromatic N) is 3. The van der Waals surface area contributed by atoms with Crippen LogP contribution in [0.2, 0.25) is 0 Å². The molecule has 17 heavy (non-hydrogen) atoms. The Morgan fingerprint density at radius 1 is 1.53 bits per heavy atom. The van der Waals surface area contributed by atoms with Gasteiger partial charge in [-0.15, -0.1) is 0 Å². The highest BCUT2D eigenvalue weighted by atomic mass is 16.5. The molecule has 0 aliphatic carbocycles. The van der Waals surface area contributed by atoms with Crippen molar-refractivity contribution in [1.82, 2.24) is 14.5 Å². The smallest absolute Gasteiger partial charge is 0.358 e. The maximum absolute atomic E-state index is 11.5. The van der Waals surface area contributed by atoms with Crippen molar-refractivity contribution >= 4 is 5.97 Å². The number of carbonyl (C=O) groups is 1. The third kappa shape index (κ3) is 2.85. The quantitative estimate of drug-likeness (QED) is 0.744. The predicted molar refractivity (Wildman–Crippen MR) is 64.0 cm³/mol. The van der Waals surface area contributed by atoms with Crippen LogP contribution in [0.5, 0.6) is 0 Å². The Kier molecular flexibility index (Phi) is 3.78. The maximum Gasteiger partial charge on any atom is 0.358 e. The lowest BCUT2D eigenvalue weighted by atomic mass is 10.1. The number of likely N-dealkylation sites (tertiary alicyclic amines) is 1. The van der Waals surface area contributed by atoms with Crippen LogP contribution in [-0.2, 0) is 4.74 Å². The van der Waals surface area contributed by atoms with E-state index in [9.17, 15) is 4.79 Å². The molecule has 1 fully saturated rings. The highest BCUT2D eigenvalue weighted by molar-refractivity contribution is 5.86. The minimum absolute atomic E-state index is 0.334. The zero-order valence-corrected chi connectivity index (χ0v) is 10.4. The van der Waals surface area contributed by atoms with Crippen molar-refractivity contribution in [1.29, 1.82) is 0 Å². The fourth-order valence-electron chi connectivity index (χ4n) is 2.14. The number of hydrogen-bond acceptors (Lipinski definition) is 4. The first-order valence-corrected chi connectivity index (χ1v) is 6.10. The van der Waals surface area contributed by atoms with Crippen LogP contribution in [0.1, 0.15) is 36.3 Å². The van der Waals surface area contributed by atoms with E-state index in [-0.39, 0.29) is 5.97 Å². The standard InChI is InChI=1S/C12H19N3O2/c1-3-17-12(16)11-8-15(9-13-11)10-4-6-14(2)7-5-10/h8-10H,3-7H2,1-2H3. The minimum atomic E-state index is -0.334. The molecule has 1 aliphatic rings. The molecule has 1 aromatic heterocycles. The first-order valence-electron chi connectivity index (χ1n) is 6.10. The highest BCUT2D eigenvalue weighted by Crippen LogP contribution is 2.21. The average molecular weight is 237 g/mol. The topological polar surface area (TPSA) is 47.4 Å². The van der Waals surface area contributed by atoms with Crippen molar-refractivity contribution in [2.24, 2.45) is 0 Å². The summed E-state index contributed by atoms with van der Waals surface area (Å²) in [5.41, 5.74) is 0.408. The Labute approximate surface area is 101 Å². The molecule has 0 N–H and O–H groups in total. The Morgan fingerprint density at radius 2 is 2.24 bits per heavy atom. The molecule has 5 heteroatoms. The van der Waals surface area contributed by atoms with Crippen LogP contribution in [0.3, 0.4) is 0 Å². The summed E-state index contributed by atoms with van der Waals surface area (Å²) in [5, 5.41) is 0. The van der Waals surface area contributed by atoms with Gasteiger partial charge in [0.15, 0.2) is 5.69 Å². The van der Waals surface area contributed by atoms with Crippen LogP contribution >= 0.6 is 0 Å². The third-order valence-electron chi connectivity index (χ3n) is 3.20. The van der Waals surface area contributed by atoms with Gasteiger partial charge in [-0.05, 0) is 39.9 Å². The molecule has 2 heterocycles. The molecule has 0 amide bonds. The zero-order valence-electron chi connectivity index (χ0n) is 10.4. The van der Waals surface area contributed by atoms with Gasteiger partial charge in [0.05, 0.1) is 12.9 Å². The minimum Gasteiger partial charge on any atom is -0.461 e. The Morgan fingerprint density at radius 3 is 2.88 bits per heavy atom. The third-order valence-corrected chi connectivity index (χ3v) is 3.20. The van der Waals surface area contributed by atoms with Gasteiger partial charge >= 0.3 is 5.97 Å². The van der Waals surface area contributed by atoms with Crippen LogP contribution < -0.4 is 0 Å². The van der Waals surface area contributed by atoms with Crippen molar-refractivity contribution in [3.05, 3.63) is 18.2 Å². The van der Waals surface area contributed by atoms with Crippen LogP contribution in [-0.4, -0.2) is 47.2 Å². The van der Waals surface area contributed by atoms with E-state index in [2.05, 4.69) is 16.9 Å². The molecular weight excluding hydrogens is 218 g/mol. The van der Waals surface area contributed by atoms with Crippen LogP contribution in [0, 0.1) is 0 Å². The van der Waals surface area contributed by atoms with Crippen molar-refractivity contribution in [3.63, 3.8) is 0 Å². The van der Waals surface area contributed by atoms with Crippen LogP contribution in [0.15, 0.2) is 12.5 Å². The summed E-state index contributed by atoms with van der Waals surface area (Å²) >= 11 is 0. The molecule has 2 rings (SSSR count). The van der Waals surface area contributed by atoms with E-state index in [1.807, 2.05) is 4.57 Å². The van der Waals surface area contributed by atoms with E-state index >= 15 is 0 Å². The van der Waals surface area contributed by atoms with Gasteiger partial charge in [-0.2, -0.15) is 0 Å². The highest BCUT2D eigenvalue weighted by Gasteiger charge is 2.19. The van der Waals surface area contributed by atoms with Gasteiger partial charge in [-0.3, -0.25) is 0 Å². The number of aromatic nitrogens is 2. The number of piperidine rings is 1. The lowest BCUT2D eigenvalue weighted by Crippen LogP contribution is -2.31.